The zero-order valence-corrected chi connectivity index (χ0v) is 29.5. The molecule has 1 nitrogen and oxygen atoms in total. The van der Waals surface area contributed by atoms with Crippen LogP contribution in [0.25, 0.3) is 38.4 Å². The summed E-state index contributed by atoms with van der Waals surface area (Å²) in [6.45, 7) is 8.40. The number of hydrogen-bond donors (Lipinski definition) is 0. The summed E-state index contributed by atoms with van der Waals surface area (Å²) in [5.74, 6) is 0.420. The van der Waals surface area contributed by atoms with Crippen LogP contribution in [0.3, 0.4) is 0 Å². The van der Waals surface area contributed by atoms with E-state index in [4.69, 9.17) is 25.1 Å². The number of benzene rings is 6. The van der Waals surface area contributed by atoms with E-state index in [-0.39, 0.29) is 21.2 Å². The summed E-state index contributed by atoms with van der Waals surface area (Å²) in [4.78, 5) is 0. The molecule has 1 aliphatic carbocycles. The summed E-state index contributed by atoms with van der Waals surface area (Å²) >= 11 is -0.346. The summed E-state index contributed by atoms with van der Waals surface area (Å²) in [7, 11) is 8.45. The van der Waals surface area contributed by atoms with Gasteiger partial charge in [0.2, 0.25) is 0 Å². The van der Waals surface area contributed by atoms with Crippen molar-refractivity contribution in [1.82, 2.24) is 0 Å². The molecule has 0 aromatic heterocycles. The summed E-state index contributed by atoms with van der Waals surface area (Å²) in [6, 6.07) is 48.6. The van der Waals surface area contributed by atoms with Gasteiger partial charge in [-0.2, -0.15) is 30.5 Å². The molecule has 0 amide bonds. The van der Waals surface area contributed by atoms with Gasteiger partial charge < -0.3 is 12.7 Å². The van der Waals surface area contributed by atoms with Gasteiger partial charge in [0.25, 0.3) is 0 Å². The van der Waals surface area contributed by atoms with Crippen LogP contribution in [-0.4, -0.2) is 6.04 Å². The van der Waals surface area contributed by atoms with Gasteiger partial charge in [0, 0.05) is 0 Å². The number of halogens is 2. The van der Waals surface area contributed by atoms with Crippen molar-refractivity contribution in [3.05, 3.63) is 159 Å². The molecule has 0 aliphatic heterocycles. The van der Waals surface area contributed by atoms with Crippen LogP contribution in [0.1, 0.15) is 31.2 Å². The third-order valence-electron chi connectivity index (χ3n) is 8.50. The van der Waals surface area contributed by atoms with Crippen molar-refractivity contribution >= 4 is 64.8 Å². The van der Waals surface area contributed by atoms with Crippen LogP contribution in [0.15, 0.2) is 133 Å². The molecule has 1 N–H and O–H groups in total. The number of fused-ring (bicyclic) bond motifs is 2. The molecular weight excluding hydrogens is 697 g/mol. The molecule has 2 unspecified atom stereocenters. The Morgan fingerprint density at radius 1 is 0.600 bits per heavy atom. The van der Waals surface area contributed by atoms with Gasteiger partial charge in [-0.25, -0.2) is 0 Å². The van der Waals surface area contributed by atoms with Gasteiger partial charge in [0.05, 0.1) is 13.2 Å². The third kappa shape index (κ3) is 8.18. The molecule has 5 heteroatoms. The summed E-state index contributed by atoms with van der Waals surface area (Å²) in [6.07, 6.45) is 4.80. The Balaban J connectivity index is 0.000000311. The number of rotatable bonds is 4. The molecule has 232 valence electrons. The quantitative estimate of drug-likeness (QED) is 0.0978. The maximum atomic E-state index is 7.42. The SMILES string of the molecule is [CH2-]C1CCCCC1[NH-].[CH2-]c1ccc2ccccc2c1-c1c([PH+](c2ccccc2)c2ccccc2)ccc2ccccc12.[Cl][Ru][Cl]. The van der Waals surface area contributed by atoms with Crippen molar-refractivity contribution in [3.8, 4) is 11.1 Å². The zero-order valence-electron chi connectivity index (χ0n) is 25.2. The maximum absolute atomic E-state index is 7.42. The molecule has 1 fully saturated rings. The second-order valence-corrected chi connectivity index (χ2v) is 16.4. The minimum atomic E-state index is -1.26. The van der Waals surface area contributed by atoms with Gasteiger partial charge in [-0.05, 0) is 52.1 Å². The fraction of sp³-hybridized carbons (Fsp3) is 0.150. The fourth-order valence-electron chi connectivity index (χ4n) is 6.26. The van der Waals surface area contributed by atoms with E-state index < -0.39 is 7.92 Å². The number of nitrogens with one attached hydrogen (secondary N) is 1. The van der Waals surface area contributed by atoms with E-state index in [0.29, 0.717) is 5.92 Å². The Bertz CT molecular complexity index is 1760. The molecule has 1 saturated carbocycles. The van der Waals surface area contributed by atoms with E-state index in [0.717, 1.165) is 12.0 Å². The Morgan fingerprint density at radius 2 is 1.07 bits per heavy atom. The molecule has 0 saturated heterocycles. The van der Waals surface area contributed by atoms with Crippen LogP contribution in [0.4, 0.5) is 0 Å². The van der Waals surface area contributed by atoms with Crippen molar-refractivity contribution in [2.75, 3.05) is 0 Å². The standard InChI is InChI=1S/C33H24P.C7H13N.2ClH.Ru/c1-24-20-21-25-12-8-10-18-29(25)32(24)33-30-19-11-9-13-26(30)22-23-31(33)34(27-14-4-2-5-15-27)28-16-6-3-7-17-28;1-6-4-2-3-5-7(6)8;;;/h2-23H,1H2;6-8H,1-5H2;2*1H;/q-1;-2;;;+2/p-1. The van der Waals surface area contributed by atoms with E-state index in [1.807, 2.05) is 0 Å². The summed E-state index contributed by atoms with van der Waals surface area (Å²) in [5.41, 5.74) is 11.1. The van der Waals surface area contributed by atoms with Gasteiger partial charge in [0.1, 0.15) is 10.6 Å². The van der Waals surface area contributed by atoms with E-state index in [9.17, 15) is 0 Å². The molecule has 1 aliphatic rings. The predicted molar refractivity (Wildman–Crippen MR) is 199 cm³/mol. The first-order chi connectivity index (χ1) is 22.0. The molecule has 0 heterocycles. The molecule has 0 radical (unpaired) electrons. The molecule has 6 aromatic rings. The average Bonchev–Trinajstić information content (AvgIpc) is 3.08. The van der Waals surface area contributed by atoms with Crippen molar-refractivity contribution in [3.63, 3.8) is 0 Å². The Hall–Kier alpha value is -2.70. The second-order valence-electron chi connectivity index (χ2n) is 11.3. The van der Waals surface area contributed by atoms with Gasteiger partial charge >= 0.3 is 34.5 Å². The molecule has 7 rings (SSSR count). The van der Waals surface area contributed by atoms with Crippen molar-refractivity contribution < 1.29 is 15.1 Å². The van der Waals surface area contributed by atoms with Crippen LogP contribution in [0, 0.1) is 19.8 Å². The predicted octanol–water partition coefficient (Wildman–Crippen LogP) is 11.1. The van der Waals surface area contributed by atoms with Gasteiger partial charge in [0.15, 0.2) is 0 Å². The van der Waals surface area contributed by atoms with Crippen LogP contribution in [-0.2, 0) is 15.1 Å². The van der Waals surface area contributed by atoms with Crippen LogP contribution < -0.4 is 15.9 Å². The third-order valence-corrected chi connectivity index (χ3v) is 11.3. The van der Waals surface area contributed by atoms with Crippen molar-refractivity contribution in [2.24, 2.45) is 5.92 Å². The van der Waals surface area contributed by atoms with Gasteiger partial charge in [-0.1, -0.05) is 122 Å². The first-order valence-electron chi connectivity index (χ1n) is 15.3. The Labute approximate surface area is 285 Å². The van der Waals surface area contributed by atoms with Crippen LogP contribution in [0.5, 0.6) is 0 Å². The summed E-state index contributed by atoms with van der Waals surface area (Å²) in [5, 5.41) is 9.24. The monoisotopic (exact) mass is 735 g/mol. The van der Waals surface area contributed by atoms with Crippen molar-refractivity contribution in [2.45, 2.75) is 31.7 Å². The van der Waals surface area contributed by atoms with Crippen LogP contribution >= 0.6 is 27.3 Å². The van der Waals surface area contributed by atoms with Gasteiger partial charge in [-0.3, -0.25) is 0 Å². The molecule has 6 aromatic carbocycles. The summed E-state index contributed by atoms with van der Waals surface area (Å²) < 4.78 is 0. The molecule has 0 bridgehead atoms. The van der Waals surface area contributed by atoms with Crippen LogP contribution in [0.2, 0.25) is 0 Å². The Morgan fingerprint density at radius 3 is 1.58 bits per heavy atom. The number of hydrogen-bond acceptors (Lipinski definition) is 0. The Kier molecular flexibility index (Phi) is 12.5. The topological polar surface area (TPSA) is 23.8 Å². The molecule has 0 spiro atoms. The van der Waals surface area contributed by atoms with Crippen molar-refractivity contribution in [1.29, 1.82) is 0 Å². The molecular formula is C40H38Cl2NPRu-2. The van der Waals surface area contributed by atoms with E-state index >= 15 is 0 Å². The molecule has 45 heavy (non-hydrogen) atoms. The fourth-order valence-corrected chi connectivity index (χ4v) is 9.02. The van der Waals surface area contributed by atoms with E-state index in [2.05, 4.69) is 147 Å². The first kappa shape index (κ1) is 33.7. The first-order valence-corrected chi connectivity index (χ1v) is 21.2. The van der Waals surface area contributed by atoms with E-state index in [1.54, 1.807) is 0 Å². The minimum absolute atomic E-state index is 0.142. The zero-order chi connectivity index (χ0) is 31.6. The second kappa shape index (κ2) is 16.7. The normalized spacial score (nSPS) is 16.1. The van der Waals surface area contributed by atoms with Gasteiger partial charge in [-0.15, -0.1) is 11.6 Å². The molecule has 2 atom stereocenters. The average molecular weight is 736 g/mol. The van der Waals surface area contributed by atoms with E-state index in [1.165, 1.54) is 67.8 Å².